The number of nitrogen functional groups attached to an aromatic ring is 1. The lowest BCUT2D eigenvalue weighted by molar-refractivity contribution is 0.622. The van der Waals surface area contributed by atoms with Gasteiger partial charge in [0.15, 0.2) is 11.0 Å². The average molecular weight is 348 g/mol. The van der Waals surface area contributed by atoms with E-state index >= 15 is 0 Å². The van der Waals surface area contributed by atoms with Gasteiger partial charge in [-0.15, -0.1) is 0 Å². The molecule has 0 spiro atoms. The van der Waals surface area contributed by atoms with Crippen molar-refractivity contribution < 1.29 is 4.39 Å². The van der Waals surface area contributed by atoms with Crippen LogP contribution >= 0.6 is 23.2 Å². The molecule has 1 aromatic carbocycles. The van der Waals surface area contributed by atoms with Gasteiger partial charge in [0.25, 0.3) is 0 Å². The Hall–Kier alpha value is -2.62. The largest absolute Gasteiger partial charge is 0.399 e. The number of pyridine rings is 2. The molecule has 8 heteroatoms. The second kappa shape index (κ2) is 5.88. The summed E-state index contributed by atoms with van der Waals surface area (Å²) in [6.07, 6.45) is 2.74. The molecule has 0 saturated carbocycles. The predicted molar refractivity (Wildman–Crippen MR) is 88.4 cm³/mol. The van der Waals surface area contributed by atoms with Crippen molar-refractivity contribution >= 4 is 51.2 Å². The number of nitrogens with two attached hydrogens (primary N) is 1. The second-order valence-electron chi connectivity index (χ2n) is 4.68. The molecular weight excluding hydrogens is 340 g/mol. The van der Waals surface area contributed by atoms with Crippen molar-refractivity contribution in [2.45, 2.75) is 0 Å². The van der Waals surface area contributed by atoms with Gasteiger partial charge in [-0.25, -0.2) is 9.37 Å². The quantitative estimate of drug-likeness (QED) is 0.533. The Labute approximate surface area is 140 Å². The minimum absolute atomic E-state index is 0.233. The summed E-state index contributed by atoms with van der Waals surface area (Å²) in [7, 11) is 0. The van der Waals surface area contributed by atoms with E-state index in [-0.39, 0.29) is 10.7 Å². The smallest absolute Gasteiger partial charge is 0.164 e. The summed E-state index contributed by atoms with van der Waals surface area (Å²) in [5.41, 5.74) is 7.70. The lowest BCUT2D eigenvalue weighted by atomic mass is 10.1. The Morgan fingerprint density at radius 2 is 1.96 bits per heavy atom. The Balaban J connectivity index is 2.22. The molecule has 3 aromatic rings. The highest BCUT2D eigenvalue weighted by atomic mass is 35.5. The van der Waals surface area contributed by atoms with E-state index in [1.807, 2.05) is 6.07 Å². The van der Waals surface area contributed by atoms with Crippen LogP contribution in [0.25, 0.3) is 10.9 Å². The van der Waals surface area contributed by atoms with Crippen molar-refractivity contribution in [2.75, 3.05) is 11.1 Å². The number of fused-ring (bicyclic) bond motifs is 1. The molecule has 0 radical (unpaired) electrons. The van der Waals surface area contributed by atoms with Gasteiger partial charge in [-0.05, 0) is 12.1 Å². The van der Waals surface area contributed by atoms with E-state index in [2.05, 4.69) is 15.3 Å². The number of hydrogen-bond acceptors (Lipinski definition) is 5. The lowest BCUT2D eigenvalue weighted by Gasteiger charge is -2.12. The summed E-state index contributed by atoms with van der Waals surface area (Å²) in [5, 5.41) is 12.9. The van der Waals surface area contributed by atoms with Crippen molar-refractivity contribution in [2.24, 2.45) is 0 Å². The van der Waals surface area contributed by atoms with Crippen LogP contribution in [0.2, 0.25) is 10.2 Å². The lowest BCUT2D eigenvalue weighted by Crippen LogP contribution is -1.99. The van der Waals surface area contributed by atoms with E-state index in [1.54, 1.807) is 12.1 Å². The van der Waals surface area contributed by atoms with E-state index in [1.165, 1.54) is 18.5 Å². The number of anilines is 3. The molecule has 0 saturated heterocycles. The van der Waals surface area contributed by atoms with Crippen LogP contribution in [0.3, 0.4) is 0 Å². The van der Waals surface area contributed by atoms with Gasteiger partial charge >= 0.3 is 0 Å². The molecule has 0 aliphatic rings. The maximum absolute atomic E-state index is 13.6. The van der Waals surface area contributed by atoms with Gasteiger partial charge in [0.1, 0.15) is 6.07 Å². The Morgan fingerprint density at radius 3 is 2.65 bits per heavy atom. The first-order valence-corrected chi connectivity index (χ1v) is 7.11. The zero-order valence-corrected chi connectivity index (χ0v) is 13.0. The first kappa shape index (κ1) is 15.3. The fraction of sp³-hybridized carbons (Fsp3) is 0. The molecule has 114 valence electrons. The van der Waals surface area contributed by atoms with Gasteiger partial charge in [-0.3, -0.25) is 4.98 Å². The number of nitrogens with zero attached hydrogens (tertiary/aromatic N) is 3. The third-order valence-electron chi connectivity index (χ3n) is 3.13. The highest BCUT2D eigenvalue weighted by molar-refractivity contribution is 6.35. The average Bonchev–Trinajstić information content (AvgIpc) is 2.51. The minimum Gasteiger partial charge on any atom is -0.399 e. The Morgan fingerprint density at radius 1 is 1.17 bits per heavy atom. The molecule has 0 fully saturated rings. The number of benzene rings is 1. The fourth-order valence-electron chi connectivity index (χ4n) is 2.13. The van der Waals surface area contributed by atoms with Crippen molar-refractivity contribution in [3.63, 3.8) is 0 Å². The van der Waals surface area contributed by atoms with E-state index in [4.69, 9.17) is 28.9 Å². The van der Waals surface area contributed by atoms with Crippen LogP contribution < -0.4 is 11.1 Å². The molecule has 0 unspecified atom stereocenters. The summed E-state index contributed by atoms with van der Waals surface area (Å²) >= 11 is 11.7. The molecule has 0 bridgehead atoms. The van der Waals surface area contributed by atoms with Gasteiger partial charge in [-0.2, -0.15) is 5.26 Å². The minimum atomic E-state index is -0.675. The van der Waals surface area contributed by atoms with Crippen molar-refractivity contribution in [1.82, 2.24) is 9.97 Å². The number of nitrogens with one attached hydrogen (secondary N) is 1. The standard InChI is InChI=1S/C15H8Cl2FN5/c16-11-2-8(20)1-10-13(7(4-19)5-21-14(10)11)23-9-3-12(18)15(17)22-6-9/h1-3,5-6H,20H2,(H,21,23). The highest BCUT2D eigenvalue weighted by Crippen LogP contribution is 2.34. The van der Waals surface area contributed by atoms with Gasteiger partial charge in [0, 0.05) is 23.3 Å². The topological polar surface area (TPSA) is 87.6 Å². The van der Waals surface area contributed by atoms with Gasteiger partial charge in [-0.1, -0.05) is 23.2 Å². The summed E-state index contributed by atoms with van der Waals surface area (Å²) in [5.74, 6) is -0.675. The zero-order chi connectivity index (χ0) is 16.6. The summed E-state index contributed by atoms with van der Waals surface area (Å²) in [6, 6.07) is 6.40. The molecule has 23 heavy (non-hydrogen) atoms. The number of hydrogen-bond donors (Lipinski definition) is 2. The molecule has 0 aliphatic carbocycles. The third-order valence-corrected chi connectivity index (χ3v) is 3.70. The van der Waals surface area contributed by atoms with Crippen LogP contribution in [-0.2, 0) is 0 Å². The van der Waals surface area contributed by atoms with E-state index in [0.29, 0.717) is 33.0 Å². The Bertz CT molecular complexity index is 968. The molecule has 0 amide bonds. The zero-order valence-electron chi connectivity index (χ0n) is 11.4. The van der Waals surface area contributed by atoms with Crippen LogP contribution in [0.5, 0.6) is 0 Å². The van der Waals surface area contributed by atoms with E-state index < -0.39 is 5.82 Å². The number of nitriles is 1. The van der Waals surface area contributed by atoms with Crippen LogP contribution in [0.1, 0.15) is 5.56 Å². The summed E-state index contributed by atoms with van der Waals surface area (Å²) in [4.78, 5) is 7.89. The van der Waals surface area contributed by atoms with Crippen molar-refractivity contribution in [3.05, 3.63) is 52.1 Å². The maximum Gasteiger partial charge on any atom is 0.164 e. The molecule has 3 rings (SSSR count). The Kier molecular flexibility index (Phi) is 3.90. The monoisotopic (exact) mass is 347 g/mol. The maximum atomic E-state index is 13.6. The SMILES string of the molecule is N#Cc1cnc2c(Cl)cc(N)cc2c1Nc1cnc(Cl)c(F)c1. The summed E-state index contributed by atoms with van der Waals surface area (Å²) < 4.78 is 13.6. The molecule has 5 nitrogen and oxygen atoms in total. The van der Waals surface area contributed by atoms with E-state index in [0.717, 1.165) is 0 Å². The van der Waals surface area contributed by atoms with Crippen LogP contribution in [-0.4, -0.2) is 9.97 Å². The van der Waals surface area contributed by atoms with Crippen molar-refractivity contribution in [1.29, 1.82) is 5.26 Å². The molecule has 2 heterocycles. The van der Waals surface area contributed by atoms with Crippen LogP contribution in [0.4, 0.5) is 21.5 Å². The first-order chi connectivity index (χ1) is 11.0. The third kappa shape index (κ3) is 2.84. The molecule has 0 atom stereocenters. The molecule has 2 aromatic heterocycles. The van der Waals surface area contributed by atoms with Gasteiger partial charge in [0.2, 0.25) is 0 Å². The highest BCUT2D eigenvalue weighted by Gasteiger charge is 2.13. The predicted octanol–water partition coefficient (Wildman–Crippen LogP) is 4.27. The number of aromatic nitrogens is 2. The molecule has 3 N–H and O–H groups in total. The van der Waals surface area contributed by atoms with E-state index in [9.17, 15) is 9.65 Å². The summed E-state index contributed by atoms with van der Waals surface area (Å²) in [6.45, 7) is 0. The van der Waals surface area contributed by atoms with Gasteiger partial charge in [0.05, 0.1) is 33.7 Å². The number of rotatable bonds is 2. The van der Waals surface area contributed by atoms with Crippen LogP contribution in [0.15, 0.2) is 30.6 Å². The van der Waals surface area contributed by atoms with Crippen LogP contribution in [0, 0.1) is 17.1 Å². The second-order valence-corrected chi connectivity index (χ2v) is 5.44. The first-order valence-electron chi connectivity index (χ1n) is 6.35. The van der Waals surface area contributed by atoms with Gasteiger partial charge < -0.3 is 11.1 Å². The normalized spacial score (nSPS) is 10.5. The number of halogens is 3. The fourth-order valence-corrected chi connectivity index (χ4v) is 2.51. The van der Waals surface area contributed by atoms with Crippen molar-refractivity contribution in [3.8, 4) is 6.07 Å². The molecular formula is C15H8Cl2FN5. The molecule has 0 aliphatic heterocycles.